The minimum absolute atomic E-state index is 0.119. The molecule has 1 saturated carbocycles. The molecule has 0 unspecified atom stereocenters. The first-order valence-corrected chi connectivity index (χ1v) is 7.90. The lowest BCUT2D eigenvalue weighted by atomic mass is 9.93. The van der Waals surface area contributed by atoms with Crippen molar-refractivity contribution in [3.8, 4) is 0 Å². The second-order valence-electron chi connectivity index (χ2n) is 5.48. The minimum atomic E-state index is -0.119. The van der Waals surface area contributed by atoms with Crippen molar-refractivity contribution in [3.05, 3.63) is 30.1 Å². The van der Waals surface area contributed by atoms with Gasteiger partial charge in [0, 0.05) is 37.4 Å². The van der Waals surface area contributed by atoms with Crippen LogP contribution in [0.2, 0.25) is 0 Å². The van der Waals surface area contributed by atoms with E-state index in [2.05, 4.69) is 27.5 Å². The van der Waals surface area contributed by atoms with Crippen molar-refractivity contribution in [1.29, 1.82) is 0 Å². The molecule has 0 aromatic carbocycles. The second-order valence-corrected chi connectivity index (χ2v) is 5.48. The van der Waals surface area contributed by atoms with Crippen molar-refractivity contribution in [3.63, 3.8) is 0 Å². The van der Waals surface area contributed by atoms with Crippen LogP contribution in [-0.2, 0) is 6.42 Å². The Morgan fingerprint density at radius 1 is 1.33 bits per heavy atom. The predicted molar refractivity (Wildman–Crippen MR) is 85.3 cm³/mol. The summed E-state index contributed by atoms with van der Waals surface area (Å²) in [6, 6.07) is 6.37. The third kappa shape index (κ3) is 5.71. The molecule has 0 aliphatic heterocycles. The SMILES string of the molecule is CCNC(=NCCc1ccccn1)NC1CCC(O)CC1. The number of aliphatic imine (C=N–C) groups is 1. The van der Waals surface area contributed by atoms with Gasteiger partial charge < -0.3 is 15.7 Å². The summed E-state index contributed by atoms with van der Waals surface area (Å²) in [6.07, 6.45) is 6.32. The van der Waals surface area contributed by atoms with Crippen molar-refractivity contribution in [2.45, 2.75) is 51.2 Å². The molecule has 21 heavy (non-hydrogen) atoms. The lowest BCUT2D eigenvalue weighted by Gasteiger charge is -2.27. The quantitative estimate of drug-likeness (QED) is 0.567. The third-order valence-electron chi connectivity index (χ3n) is 3.75. The summed E-state index contributed by atoms with van der Waals surface area (Å²) in [5.74, 6) is 0.870. The molecule has 1 aromatic heterocycles. The number of guanidine groups is 1. The second kappa shape index (κ2) is 8.62. The normalized spacial score (nSPS) is 22.9. The molecule has 1 aliphatic rings. The number of aliphatic hydroxyl groups is 1. The first-order valence-electron chi connectivity index (χ1n) is 7.90. The van der Waals surface area contributed by atoms with Crippen LogP contribution in [0.5, 0.6) is 0 Å². The summed E-state index contributed by atoms with van der Waals surface area (Å²) in [7, 11) is 0. The average Bonchev–Trinajstić information content (AvgIpc) is 2.51. The van der Waals surface area contributed by atoms with Crippen LogP contribution in [0.25, 0.3) is 0 Å². The standard InChI is InChI=1S/C16H26N4O/c1-2-17-16(20-14-6-8-15(21)9-7-14)19-12-10-13-5-3-4-11-18-13/h3-5,11,14-15,21H,2,6-10,12H2,1H3,(H2,17,19,20). The summed E-state index contributed by atoms with van der Waals surface area (Å²) in [6.45, 7) is 3.65. The maximum atomic E-state index is 9.55. The average molecular weight is 290 g/mol. The summed E-state index contributed by atoms with van der Waals surface area (Å²) in [5.41, 5.74) is 1.07. The van der Waals surface area contributed by atoms with Gasteiger partial charge in [-0.1, -0.05) is 6.07 Å². The molecule has 1 heterocycles. The fourth-order valence-corrected chi connectivity index (χ4v) is 2.56. The molecule has 0 atom stereocenters. The predicted octanol–water partition coefficient (Wildman–Crippen LogP) is 1.48. The van der Waals surface area contributed by atoms with Gasteiger partial charge in [-0.05, 0) is 44.7 Å². The van der Waals surface area contributed by atoms with E-state index in [0.717, 1.165) is 56.8 Å². The van der Waals surface area contributed by atoms with Gasteiger partial charge in [-0.15, -0.1) is 0 Å². The molecule has 1 fully saturated rings. The molecular formula is C16H26N4O. The molecular weight excluding hydrogens is 264 g/mol. The van der Waals surface area contributed by atoms with Crippen molar-refractivity contribution in [1.82, 2.24) is 15.6 Å². The Kier molecular flexibility index (Phi) is 6.47. The summed E-state index contributed by atoms with van der Waals surface area (Å²) >= 11 is 0. The molecule has 1 aromatic rings. The molecule has 0 amide bonds. The van der Waals surface area contributed by atoms with Crippen molar-refractivity contribution in [2.24, 2.45) is 4.99 Å². The topological polar surface area (TPSA) is 69.5 Å². The molecule has 2 rings (SSSR count). The number of hydrogen-bond acceptors (Lipinski definition) is 3. The zero-order valence-corrected chi connectivity index (χ0v) is 12.8. The largest absolute Gasteiger partial charge is 0.393 e. The number of hydrogen-bond donors (Lipinski definition) is 3. The van der Waals surface area contributed by atoms with Gasteiger partial charge in [0.2, 0.25) is 0 Å². The smallest absolute Gasteiger partial charge is 0.191 e. The maximum absolute atomic E-state index is 9.55. The monoisotopic (exact) mass is 290 g/mol. The molecule has 5 nitrogen and oxygen atoms in total. The molecule has 0 bridgehead atoms. The molecule has 0 spiro atoms. The van der Waals surface area contributed by atoms with E-state index in [1.54, 1.807) is 0 Å². The highest BCUT2D eigenvalue weighted by Crippen LogP contribution is 2.18. The van der Waals surface area contributed by atoms with E-state index in [1.807, 2.05) is 24.4 Å². The highest BCUT2D eigenvalue weighted by atomic mass is 16.3. The molecule has 1 aliphatic carbocycles. The van der Waals surface area contributed by atoms with Gasteiger partial charge in [0.05, 0.1) is 6.10 Å². The zero-order valence-electron chi connectivity index (χ0n) is 12.8. The van der Waals surface area contributed by atoms with Gasteiger partial charge in [-0.2, -0.15) is 0 Å². The van der Waals surface area contributed by atoms with E-state index in [4.69, 9.17) is 0 Å². The van der Waals surface area contributed by atoms with E-state index in [1.165, 1.54) is 0 Å². The summed E-state index contributed by atoms with van der Waals surface area (Å²) < 4.78 is 0. The fourth-order valence-electron chi connectivity index (χ4n) is 2.56. The van der Waals surface area contributed by atoms with Crippen LogP contribution < -0.4 is 10.6 Å². The number of nitrogens with one attached hydrogen (secondary N) is 2. The first kappa shape index (κ1) is 15.8. The van der Waals surface area contributed by atoms with Crippen LogP contribution in [0, 0.1) is 0 Å². The van der Waals surface area contributed by atoms with Gasteiger partial charge in [0.25, 0.3) is 0 Å². The molecule has 5 heteroatoms. The van der Waals surface area contributed by atoms with E-state index >= 15 is 0 Å². The third-order valence-corrected chi connectivity index (χ3v) is 3.75. The highest BCUT2D eigenvalue weighted by Gasteiger charge is 2.19. The van der Waals surface area contributed by atoms with Crippen LogP contribution in [0.3, 0.4) is 0 Å². The van der Waals surface area contributed by atoms with Gasteiger partial charge in [0.1, 0.15) is 0 Å². The van der Waals surface area contributed by atoms with Crippen LogP contribution in [0.15, 0.2) is 29.4 Å². The first-order chi connectivity index (χ1) is 10.3. The lowest BCUT2D eigenvalue weighted by Crippen LogP contribution is -2.45. The molecule has 116 valence electrons. The van der Waals surface area contributed by atoms with Gasteiger partial charge >= 0.3 is 0 Å². The van der Waals surface area contributed by atoms with Crippen LogP contribution >= 0.6 is 0 Å². The molecule has 3 N–H and O–H groups in total. The minimum Gasteiger partial charge on any atom is -0.393 e. The number of aromatic nitrogens is 1. The van der Waals surface area contributed by atoms with Crippen molar-refractivity contribution < 1.29 is 5.11 Å². The van der Waals surface area contributed by atoms with E-state index in [-0.39, 0.29) is 6.10 Å². The van der Waals surface area contributed by atoms with E-state index in [9.17, 15) is 5.11 Å². The zero-order chi connectivity index (χ0) is 14.9. The Labute approximate surface area is 126 Å². The number of aliphatic hydroxyl groups excluding tert-OH is 1. The lowest BCUT2D eigenvalue weighted by molar-refractivity contribution is 0.120. The fraction of sp³-hybridized carbons (Fsp3) is 0.625. The number of rotatable bonds is 5. The Balaban J connectivity index is 1.81. The van der Waals surface area contributed by atoms with Crippen molar-refractivity contribution >= 4 is 5.96 Å². The highest BCUT2D eigenvalue weighted by molar-refractivity contribution is 5.80. The van der Waals surface area contributed by atoms with Gasteiger partial charge in [0.15, 0.2) is 5.96 Å². The summed E-state index contributed by atoms with van der Waals surface area (Å²) in [4.78, 5) is 8.92. The Morgan fingerprint density at radius 2 is 2.14 bits per heavy atom. The maximum Gasteiger partial charge on any atom is 0.191 e. The van der Waals surface area contributed by atoms with Crippen molar-refractivity contribution in [2.75, 3.05) is 13.1 Å². The Hall–Kier alpha value is -1.62. The summed E-state index contributed by atoms with van der Waals surface area (Å²) in [5, 5.41) is 16.3. The van der Waals surface area contributed by atoms with E-state index < -0.39 is 0 Å². The van der Waals surface area contributed by atoms with Crippen LogP contribution in [-0.4, -0.2) is 41.3 Å². The van der Waals surface area contributed by atoms with E-state index in [0.29, 0.717) is 6.04 Å². The number of pyridine rings is 1. The van der Waals surface area contributed by atoms with Crippen LogP contribution in [0.4, 0.5) is 0 Å². The number of nitrogens with zero attached hydrogens (tertiary/aromatic N) is 2. The Bertz CT molecular complexity index is 427. The van der Waals surface area contributed by atoms with Gasteiger partial charge in [-0.3, -0.25) is 9.98 Å². The van der Waals surface area contributed by atoms with Gasteiger partial charge in [-0.25, -0.2) is 0 Å². The Morgan fingerprint density at radius 3 is 2.81 bits per heavy atom. The molecule has 0 radical (unpaired) electrons. The molecule has 0 saturated heterocycles. The van der Waals surface area contributed by atoms with Crippen LogP contribution in [0.1, 0.15) is 38.3 Å².